The summed E-state index contributed by atoms with van der Waals surface area (Å²) in [4.78, 5) is 0. The van der Waals surface area contributed by atoms with Gasteiger partial charge in [0.05, 0.1) is 0 Å². The Kier molecular flexibility index (Phi) is 2.31. The van der Waals surface area contributed by atoms with Crippen LogP contribution in [0.2, 0.25) is 0 Å². The highest BCUT2D eigenvalue weighted by Gasteiger charge is 2.22. The zero-order chi connectivity index (χ0) is 8.48. The molecule has 1 N–H and O–H groups in total. The minimum Gasteiger partial charge on any atom is -0.508 e. The number of para-hydroxylation sites is 1. The van der Waals surface area contributed by atoms with Gasteiger partial charge in [-0.3, -0.25) is 0 Å². The molecule has 11 heavy (non-hydrogen) atoms. The number of halogens is 2. The quantitative estimate of drug-likeness (QED) is 0.676. The van der Waals surface area contributed by atoms with Gasteiger partial charge in [-0.05, 0) is 13.0 Å². The van der Waals surface area contributed by atoms with Crippen molar-refractivity contribution in [2.45, 2.75) is 11.3 Å². The largest absolute Gasteiger partial charge is 0.508 e. The van der Waals surface area contributed by atoms with E-state index in [1.807, 2.05) is 0 Å². The highest BCUT2D eigenvalue weighted by atomic mass is 35.5. The maximum atomic E-state index is 9.28. The Morgan fingerprint density at radius 3 is 2.18 bits per heavy atom. The molecule has 1 nitrogen and oxygen atoms in total. The summed E-state index contributed by atoms with van der Waals surface area (Å²) in [6.45, 7) is 1.62. The van der Waals surface area contributed by atoms with E-state index in [0.29, 0.717) is 5.56 Å². The fourth-order valence-electron chi connectivity index (χ4n) is 0.845. The summed E-state index contributed by atoms with van der Waals surface area (Å²) in [6, 6.07) is 6.74. The van der Waals surface area contributed by atoms with Crippen LogP contribution < -0.4 is 0 Å². The highest BCUT2D eigenvalue weighted by molar-refractivity contribution is 6.47. The van der Waals surface area contributed by atoms with Crippen LogP contribution >= 0.6 is 23.2 Å². The van der Waals surface area contributed by atoms with E-state index in [0.717, 1.165) is 0 Å². The molecular weight excluding hydrogens is 183 g/mol. The van der Waals surface area contributed by atoms with Crippen LogP contribution in [0, 0.1) is 0 Å². The van der Waals surface area contributed by atoms with Crippen molar-refractivity contribution in [1.82, 2.24) is 0 Å². The zero-order valence-electron chi connectivity index (χ0n) is 6.01. The van der Waals surface area contributed by atoms with Gasteiger partial charge in [0, 0.05) is 5.56 Å². The first-order valence-electron chi connectivity index (χ1n) is 3.18. The number of benzene rings is 1. The predicted octanol–water partition coefficient (Wildman–Crippen LogP) is 3.04. The summed E-state index contributed by atoms with van der Waals surface area (Å²) in [5, 5.41) is 9.28. The van der Waals surface area contributed by atoms with Crippen molar-refractivity contribution in [3.63, 3.8) is 0 Å². The molecule has 1 aromatic rings. The molecule has 0 heterocycles. The fourth-order valence-corrected chi connectivity index (χ4v) is 1.16. The third-order valence-electron chi connectivity index (χ3n) is 1.38. The van der Waals surface area contributed by atoms with Crippen molar-refractivity contribution in [2.24, 2.45) is 0 Å². The van der Waals surface area contributed by atoms with E-state index in [-0.39, 0.29) is 5.75 Å². The van der Waals surface area contributed by atoms with E-state index in [4.69, 9.17) is 23.2 Å². The lowest BCUT2D eigenvalue weighted by atomic mass is 10.1. The average molecular weight is 191 g/mol. The third kappa shape index (κ3) is 2.01. The number of rotatable bonds is 1. The first-order chi connectivity index (χ1) is 5.02. The second-order valence-electron chi connectivity index (χ2n) is 2.41. The molecule has 0 aromatic heterocycles. The monoisotopic (exact) mass is 190 g/mol. The van der Waals surface area contributed by atoms with Crippen LogP contribution in [0.3, 0.4) is 0 Å². The first kappa shape index (κ1) is 8.69. The molecule has 0 aliphatic carbocycles. The Morgan fingerprint density at radius 2 is 1.82 bits per heavy atom. The Balaban J connectivity index is 3.14. The lowest BCUT2D eigenvalue weighted by Gasteiger charge is -2.14. The number of phenolic OH excluding ortho intramolecular Hbond substituents is 1. The molecule has 0 unspecified atom stereocenters. The van der Waals surface area contributed by atoms with Crippen LogP contribution in [0.4, 0.5) is 0 Å². The van der Waals surface area contributed by atoms with E-state index >= 15 is 0 Å². The Labute approximate surface area is 75.6 Å². The lowest BCUT2D eigenvalue weighted by molar-refractivity contribution is 0.466. The van der Waals surface area contributed by atoms with Crippen molar-refractivity contribution in [2.75, 3.05) is 0 Å². The fraction of sp³-hybridized carbons (Fsp3) is 0.250. The standard InChI is InChI=1S/C8H8Cl2O/c1-8(9,10)6-4-2-3-5-7(6)11/h2-5,11H,1H3. The normalized spacial score (nSPS) is 11.5. The summed E-state index contributed by atoms with van der Waals surface area (Å²) in [6.07, 6.45) is 0. The van der Waals surface area contributed by atoms with E-state index in [1.54, 1.807) is 31.2 Å². The highest BCUT2D eigenvalue weighted by Crippen LogP contribution is 2.37. The van der Waals surface area contributed by atoms with Crippen molar-refractivity contribution < 1.29 is 5.11 Å². The molecule has 0 spiro atoms. The summed E-state index contributed by atoms with van der Waals surface area (Å²) < 4.78 is -1.02. The molecule has 0 saturated carbocycles. The van der Waals surface area contributed by atoms with Crippen LogP contribution in [0.5, 0.6) is 5.75 Å². The number of alkyl halides is 2. The average Bonchev–Trinajstić information content (AvgIpc) is 1.86. The molecule has 0 atom stereocenters. The van der Waals surface area contributed by atoms with Crippen LogP contribution in [0.1, 0.15) is 12.5 Å². The molecule has 0 radical (unpaired) electrons. The van der Waals surface area contributed by atoms with E-state index in [9.17, 15) is 5.11 Å². The molecule has 60 valence electrons. The minimum atomic E-state index is -1.02. The van der Waals surface area contributed by atoms with Gasteiger partial charge < -0.3 is 5.11 Å². The summed E-state index contributed by atoms with van der Waals surface area (Å²) in [5.74, 6) is 0.125. The zero-order valence-corrected chi connectivity index (χ0v) is 7.52. The molecule has 0 aliphatic rings. The van der Waals surface area contributed by atoms with Crippen LogP contribution in [0.25, 0.3) is 0 Å². The Morgan fingerprint density at radius 1 is 1.27 bits per heavy atom. The molecule has 0 amide bonds. The van der Waals surface area contributed by atoms with E-state index in [2.05, 4.69) is 0 Å². The Hall–Kier alpha value is -0.400. The maximum Gasteiger partial charge on any atom is 0.143 e. The summed E-state index contributed by atoms with van der Waals surface area (Å²) >= 11 is 11.5. The van der Waals surface area contributed by atoms with Gasteiger partial charge in [0.2, 0.25) is 0 Å². The van der Waals surface area contributed by atoms with Gasteiger partial charge in [0.25, 0.3) is 0 Å². The molecule has 0 bridgehead atoms. The van der Waals surface area contributed by atoms with Crippen LogP contribution in [-0.4, -0.2) is 5.11 Å². The molecule has 1 rings (SSSR count). The van der Waals surface area contributed by atoms with Crippen molar-refractivity contribution in [1.29, 1.82) is 0 Å². The molecule has 0 fully saturated rings. The second kappa shape index (κ2) is 2.92. The van der Waals surface area contributed by atoms with Crippen molar-refractivity contribution >= 4 is 23.2 Å². The van der Waals surface area contributed by atoms with Crippen molar-refractivity contribution in [3.05, 3.63) is 29.8 Å². The van der Waals surface area contributed by atoms with Crippen molar-refractivity contribution in [3.8, 4) is 5.75 Å². The van der Waals surface area contributed by atoms with Gasteiger partial charge in [0.15, 0.2) is 0 Å². The molecule has 0 aliphatic heterocycles. The smallest absolute Gasteiger partial charge is 0.143 e. The third-order valence-corrected chi connectivity index (χ3v) is 1.78. The molecular formula is C8H8Cl2O. The summed E-state index contributed by atoms with van der Waals surface area (Å²) in [5.41, 5.74) is 0.531. The lowest BCUT2D eigenvalue weighted by Crippen LogP contribution is -2.03. The topological polar surface area (TPSA) is 20.2 Å². The van der Waals surface area contributed by atoms with Gasteiger partial charge in [0.1, 0.15) is 10.1 Å². The van der Waals surface area contributed by atoms with Crippen LogP contribution in [0.15, 0.2) is 24.3 Å². The maximum absolute atomic E-state index is 9.28. The Bertz CT molecular complexity index is 253. The molecule has 3 heteroatoms. The number of hydrogen-bond acceptors (Lipinski definition) is 1. The van der Waals surface area contributed by atoms with E-state index in [1.165, 1.54) is 0 Å². The van der Waals surface area contributed by atoms with Gasteiger partial charge in [-0.2, -0.15) is 0 Å². The summed E-state index contributed by atoms with van der Waals surface area (Å²) in [7, 11) is 0. The second-order valence-corrected chi connectivity index (χ2v) is 4.11. The van der Waals surface area contributed by atoms with Gasteiger partial charge in [-0.1, -0.05) is 41.4 Å². The number of hydrogen-bond donors (Lipinski definition) is 1. The van der Waals surface area contributed by atoms with Crippen LogP contribution in [-0.2, 0) is 4.33 Å². The number of aromatic hydroxyl groups is 1. The molecule has 1 aromatic carbocycles. The number of phenols is 1. The van der Waals surface area contributed by atoms with Gasteiger partial charge >= 0.3 is 0 Å². The van der Waals surface area contributed by atoms with Gasteiger partial charge in [-0.15, -0.1) is 0 Å². The minimum absolute atomic E-state index is 0.125. The SMILES string of the molecule is CC(Cl)(Cl)c1ccccc1O. The van der Waals surface area contributed by atoms with E-state index < -0.39 is 4.33 Å². The first-order valence-corrected chi connectivity index (χ1v) is 3.93. The van der Waals surface area contributed by atoms with Gasteiger partial charge in [-0.25, -0.2) is 0 Å². The molecule has 0 saturated heterocycles. The predicted molar refractivity (Wildman–Crippen MR) is 47.2 cm³/mol.